The molecule has 144 valence electrons. The predicted octanol–water partition coefficient (Wildman–Crippen LogP) is 3.63. The van der Waals surface area contributed by atoms with Crippen LogP contribution in [0.5, 0.6) is 0 Å². The van der Waals surface area contributed by atoms with E-state index in [0.717, 1.165) is 28.7 Å². The molecule has 0 aliphatic rings. The van der Waals surface area contributed by atoms with E-state index in [1.54, 1.807) is 24.3 Å². The van der Waals surface area contributed by atoms with Gasteiger partial charge in [-0.25, -0.2) is 13.2 Å². The molecule has 1 unspecified atom stereocenters. The van der Waals surface area contributed by atoms with Crippen molar-refractivity contribution in [1.82, 2.24) is 0 Å². The van der Waals surface area contributed by atoms with Crippen LogP contribution in [0.25, 0.3) is 0 Å². The molecule has 0 aromatic heterocycles. The molecular weight excluding hydrogens is 448 g/mol. The molecule has 1 N–H and O–H groups in total. The topological polar surface area (TPSA) is 89.5 Å². The number of esters is 1. The van der Waals surface area contributed by atoms with E-state index in [2.05, 4.69) is 21.2 Å². The summed E-state index contributed by atoms with van der Waals surface area (Å²) in [5.41, 5.74) is 0.430. The Balaban J connectivity index is 2.01. The highest BCUT2D eigenvalue weighted by molar-refractivity contribution is 9.10. The molecule has 0 radical (unpaired) electrons. The Morgan fingerprint density at radius 2 is 1.59 bits per heavy atom. The van der Waals surface area contributed by atoms with Gasteiger partial charge in [0.05, 0.1) is 10.5 Å². The summed E-state index contributed by atoms with van der Waals surface area (Å²) < 4.78 is 53.5. The van der Waals surface area contributed by atoms with Gasteiger partial charge in [0.15, 0.2) is 6.10 Å². The lowest BCUT2D eigenvalue weighted by molar-refractivity contribution is -0.123. The third-order valence-corrected chi connectivity index (χ3v) is 5.34. The zero-order chi connectivity index (χ0) is 20.2. The van der Waals surface area contributed by atoms with Crippen molar-refractivity contribution >= 4 is 43.3 Å². The number of ether oxygens (including phenoxy) is 1. The molecule has 0 spiro atoms. The summed E-state index contributed by atoms with van der Waals surface area (Å²) in [5.74, 6) is -5.02. The summed E-state index contributed by atoms with van der Waals surface area (Å²) in [6.45, 7) is 1.36. The van der Waals surface area contributed by atoms with Gasteiger partial charge in [-0.3, -0.25) is 4.79 Å². The van der Waals surface area contributed by atoms with Crippen LogP contribution in [-0.2, 0) is 19.4 Å². The molecule has 0 bridgehead atoms. The Labute approximate surface area is 162 Å². The lowest BCUT2D eigenvalue weighted by Crippen LogP contribution is -2.30. The normalized spacial score (nSPS) is 12.5. The Hall–Kier alpha value is -2.33. The van der Waals surface area contributed by atoms with E-state index in [1.807, 2.05) is 0 Å². The van der Waals surface area contributed by atoms with Crippen LogP contribution >= 0.6 is 15.9 Å². The number of halogens is 3. The van der Waals surface area contributed by atoms with Crippen LogP contribution in [0.2, 0.25) is 0 Å². The van der Waals surface area contributed by atoms with E-state index >= 15 is 0 Å². The molecular formula is C17H14BrF2NO5S. The molecule has 6 nitrogen and oxygen atoms in total. The average Bonchev–Trinajstić information content (AvgIpc) is 2.63. The maximum atomic E-state index is 12.5. The van der Waals surface area contributed by atoms with Crippen molar-refractivity contribution in [2.45, 2.75) is 23.7 Å². The van der Waals surface area contributed by atoms with Crippen molar-refractivity contribution in [3.8, 4) is 0 Å². The van der Waals surface area contributed by atoms with Gasteiger partial charge in [0.1, 0.15) is 0 Å². The van der Waals surface area contributed by atoms with Crippen molar-refractivity contribution in [2.75, 3.05) is 5.32 Å². The second-order valence-electron chi connectivity index (χ2n) is 5.37. The molecule has 2 rings (SSSR count). The smallest absolute Gasteiger partial charge is 0.341 e. The van der Waals surface area contributed by atoms with Gasteiger partial charge >= 0.3 is 11.7 Å². The van der Waals surface area contributed by atoms with Crippen LogP contribution in [0.3, 0.4) is 0 Å². The average molecular weight is 462 g/mol. The highest BCUT2D eigenvalue weighted by Gasteiger charge is 2.27. The number of carbonyl (C=O) groups excluding carboxylic acids is 2. The number of benzene rings is 2. The molecule has 0 saturated carbocycles. The lowest BCUT2D eigenvalue weighted by atomic mass is 10.2. The van der Waals surface area contributed by atoms with Crippen LogP contribution in [0.1, 0.15) is 17.3 Å². The Bertz CT molecular complexity index is 931. The van der Waals surface area contributed by atoms with Crippen LogP contribution in [0.4, 0.5) is 14.5 Å². The number of carbonyl (C=O) groups is 2. The van der Waals surface area contributed by atoms with Crippen molar-refractivity contribution < 1.29 is 31.5 Å². The van der Waals surface area contributed by atoms with Gasteiger partial charge in [-0.15, -0.1) is 0 Å². The number of amides is 1. The van der Waals surface area contributed by atoms with Crippen molar-refractivity contribution in [2.24, 2.45) is 0 Å². The van der Waals surface area contributed by atoms with E-state index in [4.69, 9.17) is 4.74 Å². The van der Waals surface area contributed by atoms with E-state index in [9.17, 15) is 26.8 Å². The third-order valence-electron chi connectivity index (χ3n) is 3.42. The van der Waals surface area contributed by atoms with E-state index in [-0.39, 0.29) is 5.56 Å². The quantitative estimate of drug-likeness (QED) is 0.663. The van der Waals surface area contributed by atoms with Crippen molar-refractivity contribution in [3.63, 3.8) is 0 Å². The van der Waals surface area contributed by atoms with Gasteiger partial charge in [0.2, 0.25) is 9.84 Å². The SMILES string of the molecule is CC(OC(=O)c1ccc(S(=O)(=O)C(F)F)cc1)C(=O)Nc1ccc(Br)cc1. The van der Waals surface area contributed by atoms with E-state index < -0.39 is 38.5 Å². The molecule has 1 amide bonds. The molecule has 0 saturated heterocycles. The van der Waals surface area contributed by atoms with Gasteiger partial charge in [-0.1, -0.05) is 15.9 Å². The van der Waals surface area contributed by atoms with E-state index in [0.29, 0.717) is 5.69 Å². The first-order valence-electron chi connectivity index (χ1n) is 7.51. The van der Waals surface area contributed by atoms with Gasteiger partial charge in [-0.2, -0.15) is 8.78 Å². The standard InChI is InChI=1S/C17H14BrF2NO5S/c1-10(15(22)21-13-6-4-12(18)5-7-13)26-16(23)11-2-8-14(9-3-11)27(24,25)17(19)20/h2-10,17H,1H3,(H,21,22). The number of alkyl halides is 2. The highest BCUT2D eigenvalue weighted by Crippen LogP contribution is 2.19. The van der Waals surface area contributed by atoms with Crippen molar-refractivity contribution in [1.29, 1.82) is 0 Å². The van der Waals surface area contributed by atoms with E-state index in [1.165, 1.54) is 6.92 Å². The first-order valence-corrected chi connectivity index (χ1v) is 9.84. The minimum absolute atomic E-state index is 0.0773. The molecule has 27 heavy (non-hydrogen) atoms. The number of anilines is 1. The number of nitrogens with one attached hydrogen (secondary N) is 1. The fourth-order valence-electron chi connectivity index (χ4n) is 1.94. The zero-order valence-electron chi connectivity index (χ0n) is 13.9. The van der Waals surface area contributed by atoms with Crippen LogP contribution in [0, 0.1) is 0 Å². The number of rotatable bonds is 6. The minimum Gasteiger partial charge on any atom is -0.449 e. The van der Waals surface area contributed by atoms with Gasteiger partial charge in [0, 0.05) is 10.2 Å². The third kappa shape index (κ3) is 5.33. The first-order chi connectivity index (χ1) is 12.6. The molecule has 0 aliphatic heterocycles. The molecule has 0 heterocycles. The lowest BCUT2D eigenvalue weighted by Gasteiger charge is -2.14. The summed E-state index contributed by atoms with van der Waals surface area (Å²) in [4.78, 5) is 23.5. The maximum Gasteiger partial charge on any atom is 0.341 e. The van der Waals surface area contributed by atoms with Crippen LogP contribution in [0.15, 0.2) is 57.9 Å². The second kappa shape index (κ2) is 8.57. The highest BCUT2D eigenvalue weighted by atomic mass is 79.9. The van der Waals surface area contributed by atoms with Gasteiger partial charge in [-0.05, 0) is 55.5 Å². The number of hydrogen-bond donors (Lipinski definition) is 1. The minimum atomic E-state index is -4.75. The maximum absolute atomic E-state index is 12.5. The number of hydrogen-bond acceptors (Lipinski definition) is 5. The Morgan fingerprint density at radius 3 is 2.11 bits per heavy atom. The fraction of sp³-hybridized carbons (Fsp3) is 0.176. The largest absolute Gasteiger partial charge is 0.449 e. The summed E-state index contributed by atoms with van der Waals surface area (Å²) in [5, 5.41) is 2.57. The molecule has 2 aromatic rings. The molecule has 0 aliphatic carbocycles. The molecule has 0 fully saturated rings. The predicted molar refractivity (Wildman–Crippen MR) is 97.3 cm³/mol. The first kappa shape index (κ1) is 21.0. The zero-order valence-corrected chi connectivity index (χ0v) is 16.3. The van der Waals surface area contributed by atoms with Gasteiger partial charge < -0.3 is 10.1 Å². The summed E-state index contributed by atoms with van der Waals surface area (Å²) in [7, 11) is -4.75. The Kier molecular flexibility index (Phi) is 6.66. The Morgan fingerprint density at radius 1 is 1.04 bits per heavy atom. The molecule has 10 heteroatoms. The summed E-state index contributed by atoms with van der Waals surface area (Å²) >= 11 is 3.26. The summed E-state index contributed by atoms with van der Waals surface area (Å²) in [6, 6.07) is 10.6. The van der Waals surface area contributed by atoms with Crippen molar-refractivity contribution in [3.05, 3.63) is 58.6 Å². The molecule has 2 aromatic carbocycles. The van der Waals surface area contributed by atoms with Crippen LogP contribution < -0.4 is 5.32 Å². The molecule has 1 atom stereocenters. The van der Waals surface area contributed by atoms with Crippen LogP contribution in [-0.4, -0.2) is 32.2 Å². The number of sulfone groups is 1. The van der Waals surface area contributed by atoms with Gasteiger partial charge in [0.25, 0.3) is 5.91 Å². The second-order valence-corrected chi connectivity index (χ2v) is 8.21. The fourth-order valence-corrected chi connectivity index (χ4v) is 2.93. The monoisotopic (exact) mass is 461 g/mol. The summed E-state index contributed by atoms with van der Waals surface area (Å²) in [6.07, 6.45) is -1.13.